The van der Waals surface area contributed by atoms with E-state index in [4.69, 9.17) is 0 Å². The molecule has 0 aromatic heterocycles. The molecule has 0 aromatic rings. The third kappa shape index (κ3) is 2.91. The number of hydrogen-bond donors (Lipinski definition) is 0. The zero-order chi connectivity index (χ0) is 9.72. The molecule has 0 aliphatic carbocycles. The first-order valence-electron chi connectivity index (χ1n) is 4.02. The van der Waals surface area contributed by atoms with Crippen molar-refractivity contribution in [2.75, 3.05) is 14.1 Å². The zero-order valence-corrected chi connectivity index (χ0v) is 8.51. The molecule has 0 unspecified atom stereocenters. The van der Waals surface area contributed by atoms with Crippen molar-refractivity contribution in [1.29, 1.82) is 0 Å². The smallest absolute Gasteiger partial charge is 0.249 e. The van der Waals surface area contributed by atoms with Crippen LogP contribution < -0.4 is 0 Å². The molecule has 0 N–H and O–H groups in total. The minimum Gasteiger partial charge on any atom is -0.345 e. The molecule has 0 radical (unpaired) electrons. The lowest BCUT2D eigenvalue weighted by Crippen LogP contribution is -2.22. The molecule has 2 nitrogen and oxygen atoms in total. The Morgan fingerprint density at radius 3 is 2.08 bits per heavy atom. The van der Waals surface area contributed by atoms with Crippen molar-refractivity contribution in [3.8, 4) is 0 Å². The lowest BCUT2D eigenvalue weighted by Gasteiger charge is -2.11. The summed E-state index contributed by atoms with van der Waals surface area (Å²) >= 11 is 0. The van der Waals surface area contributed by atoms with Crippen molar-refractivity contribution in [3.63, 3.8) is 0 Å². The molecule has 0 rings (SSSR count). The van der Waals surface area contributed by atoms with E-state index in [2.05, 4.69) is 0 Å². The third-order valence-electron chi connectivity index (χ3n) is 1.74. The van der Waals surface area contributed by atoms with Crippen LogP contribution in [0.1, 0.15) is 20.8 Å². The van der Waals surface area contributed by atoms with Gasteiger partial charge in [-0.15, -0.1) is 0 Å². The van der Waals surface area contributed by atoms with Gasteiger partial charge >= 0.3 is 0 Å². The summed E-state index contributed by atoms with van der Waals surface area (Å²) in [6.45, 7) is 5.73. The molecule has 0 saturated carbocycles. The molecule has 12 heavy (non-hydrogen) atoms. The minimum absolute atomic E-state index is 0.0746. The number of allylic oxidation sites excluding steroid dienone is 3. The van der Waals surface area contributed by atoms with Crippen LogP contribution in [0, 0.1) is 0 Å². The Morgan fingerprint density at radius 2 is 1.75 bits per heavy atom. The van der Waals surface area contributed by atoms with E-state index in [0.29, 0.717) is 0 Å². The second kappa shape index (κ2) is 4.75. The molecule has 0 aliphatic heterocycles. The standard InChI is InChI=1S/C10H17NO/c1-6-7-8(2)9(3)10(12)11(4)5/h6-7H,1-5H3/b7-6-,9-8+. The highest BCUT2D eigenvalue weighted by atomic mass is 16.2. The van der Waals surface area contributed by atoms with Gasteiger partial charge in [-0.05, 0) is 26.3 Å². The number of amides is 1. The van der Waals surface area contributed by atoms with E-state index in [-0.39, 0.29) is 5.91 Å². The highest BCUT2D eigenvalue weighted by Gasteiger charge is 2.07. The quantitative estimate of drug-likeness (QED) is 0.455. The lowest BCUT2D eigenvalue weighted by atomic mass is 10.1. The van der Waals surface area contributed by atoms with E-state index in [0.717, 1.165) is 11.1 Å². The van der Waals surface area contributed by atoms with Gasteiger partial charge in [-0.3, -0.25) is 4.79 Å². The zero-order valence-electron chi connectivity index (χ0n) is 8.51. The SMILES string of the molecule is C/C=C\C(C)=C(/C)C(=O)N(C)C. The Labute approximate surface area is 74.6 Å². The summed E-state index contributed by atoms with van der Waals surface area (Å²) < 4.78 is 0. The summed E-state index contributed by atoms with van der Waals surface area (Å²) in [5, 5.41) is 0. The Morgan fingerprint density at radius 1 is 1.25 bits per heavy atom. The van der Waals surface area contributed by atoms with Gasteiger partial charge in [0.05, 0.1) is 0 Å². The third-order valence-corrected chi connectivity index (χ3v) is 1.74. The minimum atomic E-state index is 0.0746. The lowest BCUT2D eigenvalue weighted by molar-refractivity contribution is -0.124. The van der Waals surface area contributed by atoms with Gasteiger partial charge in [0, 0.05) is 19.7 Å². The Balaban J connectivity index is 4.66. The van der Waals surface area contributed by atoms with E-state index in [1.807, 2.05) is 32.9 Å². The van der Waals surface area contributed by atoms with E-state index in [9.17, 15) is 4.79 Å². The van der Waals surface area contributed by atoms with Crippen LogP contribution in [0.5, 0.6) is 0 Å². The van der Waals surface area contributed by atoms with Gasteiger partial charge in [-0.25, -0.2) is 0 Å². The fourth-order valence-electron chi connectivity index (χ4n) is 0.879. The van der Waals surface area contributed by atoms with Gasteiger partial charge in [0.2, 0.25) is 5.91 Å². The average molecular weight is 167 g/mol. The Hall–Kier alpha value is -1.05. The molecule has 0 heterocycles. The van der Waals surface area contributed by atoms with Crippen molar-refractivity contribution in [2.24, 2.45) is 0 Å². The summed E-state index contributed by atoms with van der Waals surface area (Å²) in [6.07, 6.45) is 3.87. The van der Waals surface area contributed by atoms with Crippen LogP contribution in [-0.2, 0) is 4.79 Å². The summed E-state index contributed by atoms with van der Waals surface area (Å²) in [5.41, 5.74) is 1.83. The van der Waals surface area contributed by atoms with Crippen LogP contribution in [0.15, 0.2) is 23.3 Å². The van der Waals surface area contributed by atoms with Gasteiger partial charge in [0.15, 0.2) is 0 Å². The summed E-state index contributed by atoms with van der Waals surface area (Å²) in [5.74, 6) is 0.0746. The molecule has 0 fully saturated rings. The van der Waals surface area contributed by atoms with Crippen LogP contribution in [0.4, 0.5) is 0 Å². The van der Waals surface area contributed by atoms with Crippen molar-refractivity contribution in [3.05, 3.63) is 23.3 Å². The van der Waals surface area contributed by atoms with E-state index in [1.165, 1.54) is 0 Å². The monoisotopic (exact) mass is 167 g/mol. The number of carbonyl (C=O) groups is 1. The first-order chi connectivity index (χ1) is 5.50. The summed E-state index contributed by atoms with van der Waals surface area (Å²) in [4.78, 5) is 13.0. The fourth-order valence-corrected chi connectivity index (χ4v) is 0.879. The average Bonchev–Trinajstić information content (AvgIpc) is 2.02. The molecule has 0 bridgehead atoms. The largest absolute Gasteiger partial charge is 0.345 e. The summed E-state index contributed by atoms with van der Waals surface area (Å²) in [7, 11) is 3.52. The van der Waals surface area contributed by atoms with Crippen molar-refractivity contribution < 1.29 is 4.79 Å². The summed E-state index contributed by atoms with van der Waals surface area (Å²) in [6, 6.07) is 0. The molecule has 0 spiro atoms. The number of hydrogen-bond acceptors (Lipinski definition) is 1. The second-order valence-electron chi connectivity index (χ2n) is 3.01. The van der Waals surface area contributed by atoms with Crippen LogP contribution in [0.3, 0.4) is 0 Å². The van der Waals surface area contributed by atoms with Crippen LogP contribution >= 0.6 is 0 Å². The maximum Gasteiger partial charge on any atom is 0.249 e. The van der Waals surface area contributed by atoms with E-state index in [1.54, 1.807) is 19.0 Å². The van der Waals surface area contributed by atoms with Crippen molar-refractivity contribution >= 4 is 5.91 Å². The number of carbonyl (C=O) groups excluding carboxylic acids is 1. The van der Waals surface area contributed by atoms with Crippen LogP contribution in [0.25, 0.3) is 0 Å². The highest BCUT2D eigenvalue weighted by Crippen LogP contribution is 2.06. The molecule has 0 aliphatic rings. The molecular formula is C10H17NO. The Bertz CT molecular complexity index is 224. The van der Waals surface area contributed by atoms with Crippen LogP contribution in [-0.4, -0.2) is 24.9 Å². The number of rotatable bonds is 2. The second-order valence-corrected chi connectivity index (χ2v) is 3.01. The first kappa shape index (κ1) is 11.0. The maximum atomic E-state index is 11.4. The van der Waals surface area contributed by atoms with Gasteiger partial charge in [0.25, 0.3) is 0 Å². The van der Waals surface area contributed by atoms with E-state index < -0.39 is 0 Å². The Kier molecular flexibility index (Phi) is 4.34. The maximum absolute atomic E-state index is 11.4. The van der Waals surface area contributed by atoms with Gasteiger partial charge in [-0.2, -0.15) is 0 Å². The van der Waals surface area contributed by atoms with Gasteiger partial charge in [0.1, 0.15) is 0 Å². The fraction of sp³-hybridized carbons (Fsp3) is 0.500. The first-order valence-corrected chi connectivity index (χ1v) is 4.02. The normalized spacial score (nSPS) is 13.1. The predicted octanol–water partition coefficient (Wildman–Crippen LogP) is 1.99. The number of nitrogens with zero attached hydrogens (tertiary/aromatic N) is 1. The van der Waals surface area contributed by atoms with Crippen molar-refractivity contribution in [1.82, 2.24) is 4.90 Å². The van der Waals surface area contributed by atoms with Crippen molar-refractivity contribution in [2.45, 2.75) is 20.8 Å². The molecule has 0 aromatic carbocycles. The van der Waals surface area contributed by atoms with E-state index >= 15 is 0 Å². The number of likely N-dealkylation sites (N-methyl/N-ethyl adjacent to an activating group) is 1. The highest BCUT2D eigenvalue weighted by molar-refractivity contribution is 5.93. The molecular weight excluding hydrogens is 150 g/mol. The molecule has 0 atom stereocenters. The molecule has 68 valence electrons. The topological polar surface area (TPSA) is 20.3 Å². The molecule has 1 amide bonds. The van der Waals surface area contributed by atoms with Gasteiger partial charge in [-0.1, -0.05) is 12.2 Å². The van der Waals surface area contributed by atoms with Gasteiger partial charge < -0.3 is 4.90 Å². The molecule has 2 heteroatoms. The molecule has 0 saturated heterocycles. The predicted molar refractivity (Wildman–Crippen MR) is 51.9 cm³/mol. The van der Waals surface area contributed by atoms with Crippen LogP contribution in [0.2, 0.25) is 0 Å².